The fourth-order valence-electron chi connectivity index (χ4n) is 3.71. The molecule has 2 aliphatic rings. The van der Waals surface area contributed by atoms with Crippen molar-refractivity contribution in [3.63, 3.8) is 0 Å². The standard InChI is InChI=1S/C15H29N3O/c1-3-8-17-12-10-13-5-4-6-14(11-12)18(13)9-7-15(19)16-2/h12-14,17H,3-11H2,1-2H3,(H,16,19). The lowest BCUT2D eigenvalue weighted by Gasteiger charge is -2.49. The van der Waals surface area contributed by atoms with Crippen LogP contribution in [0.1, 0.15) is 51.9 Å². The zero-order chi connectivity index (χ0) is 13.7. The Balaban J connectivity index is 1.86. The van der Waals surface area contributed by atoms with Gasteiger partial charge in [0.2, 0.25) is 5.91 Å². The number of carbonyl (C=O) groups excluding carboxylic acids is 1. The van der Waals surface area contributed by atoms with Gasteiger partial charge in [-0.3, -0.25) is 9.69 Å². The van der Waals surface area contributed by atoms with E-state index >= 15 is 0 Å². The summed E-state index contributed by atoms with van der Waals surface area (Å²) in [5.41, 5.74) is 0. The summed E-state index contributed by atoms with van der Waals surface area (Å²) in [7, 11) is 1.73. The highest BCUT2D eigenvalue weighted by atomic mass is 16.1. The Kier molecular flexibility index (Phi) is 5.64. The lowest BCUT2D eigenvalue weighted by Crippen LogP contribution is -2.56. The minimum atomic E-state index is 0.171. The van der Waals surface area contributed by atoms with Gasteiger partial charge in [-0.2, -0.15) is 0 Å². The molecule has 0 radical (unpaired) electrons. The van der Waals surface area contributed by atoms with Crippen molar-refractivity contribution in [2.24, 2.45) is 0 Å². The van der Waals surface area contributed by atoms with Crippen LogP contribution < -0.4 is 10.6 Å². The van der Waals surface area contributed by atoms with Crippen LogP contribution in [0.5, 0.6) is 0 Å². The Labute approximate surface area is 117 Å². The maximum absolute atomic E-state index is 11.4. The van der Waals surface area contributed by atoms with Gasteiger partial charge in [-0.05, 0) is 38.6 Å². The molecular formula is C15H29N3O. The first-order valence-corrected chi connectivity index (χ1v) is 7.94. The molecule has 4 nitrogen and oxygen atoms in total. The van der Waals surface area contributed by atoms with E-state index in [1.165, 1.54) is 38.5 Å². The topological polar surface area (TPSA) is 44.4 Å². The highest BCUT2D eigenvalue weighted by molar-refractivity contribution is 5.75. The minimum absolute atomic E-state index is 0.171. The van der Waals surface area contributed by atoms with Crippen molar-refractivity contribution in [1.29, 1.82) is 0 Å². The normalized spacial score (nSPS) is 31.2. The number of piperidine rings is 2. The summed E-state index contributed by atoms with van der Waals surface area (Å²) >= 11 is 0. The molecule has 0 aliphatic carbocycles. The van der Waals surface area contributed by atoms with Gasteiger partial charge in [-0.15, -0.1) is 0 Å². The molecule has 2 fully saturated rings. The lowest BCUT2D eigenvalue weighted by molar-refractivity contribution is -0.121. The van der Waals surface area contributed by atoms with Crippen molar-refractivity contribution < 1.29 is 4.79 Å². The SMILES string of the molecule is CCCNC1CC2CCCC(C1)N2CCC(=O)NC. The third-order valence-electron chi connectivity index (χ3n) is 4.68. The highest BCUT2D eigenvalue weighted by Crippen LogP contribution is 2.34. The summed E-state index contributed by atoms with van der Waals surface area (Å²) in [5, 5.41) is 6.42. The van der Waals surface area contributed by atoms with Crippen LogP contribution in [0.3, 0.4) is 0 Å². The molecule has 2 atom stereocenters. The van der Waals surface area contributed by atoms with Crippen molar-refractivity contribution in [1.82, 2.24) is 15.5 Å². The zero-order valence-corrected chi connectivity index (χ0v) is 12.5. The zero-order valence-electron chi connectivity index (χ0n) is 12.5. The molecule has 0 aromatic heterocycles. The van der Waals surface area contributed by atoms with Crippen LogP contribution in [0.4, 0.5) is 0 Å². The van der Waals surface area contributed by atoms with Crippen LogP contribution >= 0.6 is 0 Å². The maximum Gasteiger partial charge on any atom is 0.221 e. The second kappa shape index (κ2) is 7.25. The van der Waals surface area contributed by atoms with Crippen LogP contribution in [0.15, 0.2) is 0 Å². The van der Waals surface area contributed by atoms with Crippen molar-refractivity contribution in [2.45, 2.75) is 70.0 Å². The molecule has 0 aromatic carbocycles. The predicted molar refractivity (Wildman–Crippen MR) is 78.1 cm³/mol. The Hall–Kier alpha value is -0.610. The molecule has 2 bridgehead atoms. The molecule has 2 heterocycles. The summed E-state index contributed by atoms with van der Waals surface area (Å²) in [6.07, 6.45) is 8.40. The Morgan fingerprint density at radius 2 is 1.95 bits per heavy atom. The lowest BCUT2D eigenvalue weighted by atomic mass is 9.81. The average molecular weight is 267 g/mol. The first kappa shape index (κ1) is 14.8. The first-order valence-electron chi connectivity index (χ1n) is 7.94. The highest BCUT2D eigenvalue weighted by Gasteiger charge is 2.37. The Bertz CT molecular complexity index is 281. The number of rotatable bonds is 6. The fraction of sp³-hybridized carbons (Fsp3) is 0.933. The van der Waals surface area contributed by atoms with Crippen LogP contribution in [0.2, 0.25) is 0 Å². The van der Waals surface area contributed by atoms with E-state index in [2.05, 4.69) is 22.5 Å². The van der Waals surface area contributed by atoms with Gasteiger partial charge in [-0.1, -0.05) is 13.3 Å². The average Bonchev–Trinajstić information content (AvgIpc) is 2.41. The molecule has 2 unspecified atom stereocenters. The van der Waals surface area contributed by atoms with Crippen molar-refractivity contribution in [2.75, 3.05) is 20.1 Å². The van der Waals surface area contributed by atoms with Crippen molar-refractivity contribution in [3.05, 3.63) is 0 Å². The van der Waals surface area contributed by atoms with Gasteiger partial charge in [0.25, 0.3) is 0 Å². The molecule has 2 aliphatic heterocycles. The van der Waals surface area contributed by atoms with Crippen LogP contribution in [0.25, 0.3) is 0 Å². The molecule has 19 heavy (non-hydrogen) atoms. The summed E-state index contributed by atoms with van der Waals surface area (Å²) < 4.78 is 0. The number of hydrogen-bond donors (Lipinski definition) is 2. The van der Waals surface area contributed by atoms with Gasteiger partial charge < -0.3 is 10.6 Å². The Morgan fingerprint density at radius 3 is 2.53 bits per heavy atom. The summed E-state index contributed by atoms with van der Waals surface area (Å²) in [4.78, 5) is 14.0. The molecule has 2 saturated heterocycles. The van der Waals surface area contributed by atoms with Crippen LogP contribution in [-0.2, 0) is 4.79 Å². The number of hydrogen-bond acceptors (Lipinski definition) is 3. The van der Waals surface area contributed by atoms with E-state index < -0.39 is 0 Å². The van der Waals surface area contributed by atoms with Crippen LogP contribution in [-0.4, -0.2) is 49.1 Å². The Morgan fingerprint density at radius 1 is 1.26 bits per heavy atom. The quantitative estimate of drug-likeness (QED) is 0.767. The fourth-order valence-corrected chi connectivity index (χ4v) is 3.71. The van der Waals surface area contributed by atoms with E-state index in [0.29, 0.717) is 24.5 Å². The van der Waals surface area contributed by atoms with E-state index in [1.54, 1.807) is 7.05 Å². The first-order chi connectivity index (χ1) is 9.24. The van der Waals surface area contributed by atoms with E-state index in [9.17, 15) is 4.79 Å². The number of fused-ring (bicyclic) bond motifs is 2. The molecular weight excluding hydrogens is 238 g/mol. The molecule has 0 spiro atoms. The van der Waals surface area contributed by atoms with E-state index in [1.807, 2.05) is 0 Å². The molecule has 110 valence electrons. The summed E-state index contributed by atoms with van der Waals surface area (Å²) in [6, 6.07) is 2.10. The monoisotopic (exact) mass is 267 g/mol. The minimum Gasteiger partial charge on any atom is -0.359 e. The van der Waals surface area contributed by atoms with Gasteiger partial charge >= 0.3 is 0 Å². The largest absolute Gasteiger partial charge is 0.359 e. The summed E-state index contributed by atoms with van der Waals surface area (Å²) in [6.45, 7) is 4.31. The van der Waals surface area contributed by atoms with E-state index in [4.69, 9.17) is 0 Å². The molecule has 4 heteroatoms. The predicted octanol–water partition coefficient (Wildman–Crippen LogP) is 1.51. The number of nitrogens with zero attached hydrogens (tertiary/aromatic N) is 1. The molecule has 2 N–H and O–H groups in total. The number of amides is 1. The van der Waals surface area contributed by atoms with Gasteiger partial charge in [0.1, 0.15) is 0 Å². The third-order valence-corrected chi connectivity index (χ3v) is 4.68. The second-order valence-electron chi connectivity index (χ2n) is 6.02. The van der Waals surface area contributed by atoms with Gasteiger partial charge in [0.15, 0.2) is 0 Å². The smallest absolute Gasteiger partial charge is 0.221 e. The molecule has 1 amide bonds. The van der Waals surface area contributed by atoms with Crippen LogP contribution in [0, 0.1) is 0 Å². The summed E-state index contributed by atoms with van der Waals surface area (Å²) in [5.74, 6) is 0.171. The van der Waals surface area contributed by atoms with Gasteiger partial charge in [0.05, 0.1) is 0 Å². The molecule has 2 rings (SSSR count). The van der Waals surface area contributed by atoms with Gasteiger partial charge in [0, 0.05) is 38.1 Å². The maximum atomic E-state index is 11.4. The van der Waals surface area contributed by atoms with E-state index in [-0.39, 0.29) is 5.91 Å². The van der Waals surface area contributed by atoms with E-state index in [0.717, 1.165) is 13.1 Å². The number of carbonyl (C=O) groups is 1. The van der Waals surface area contributed by atoms with Crippen molar-refractivity contribution in [3.8, 4) is 0 Å². The van der Waals surface area contributed by atoms with Gasteiger partial charge in [-0.25, -0.2) is 0 Å². The number of nitrogens with one attached hydrogen (secondary N) is 2. The molecule has 0 saturated carbocycles. The van der Waals surface area contributed by atoms with Crippen molar-refractivity contribution >= 4 is 5.91 Å². The second-order valence-corrected chi connectivity index (χ2v) is 6.02. The molecule has 0 aromatic rings. The third kappa shape index (κ3) is 3.93.